The molecule has 2 aromatic heterocycles. The van der Waals surface area contributed by atoms with Gasteiger partial charge >= 0.3 is 5.91 Å². The lowest BCUT2D eigenvalue weighted by Gasteiger charge is -2.05. The molecular formula is C15H12N4O2. The highest BCUT2D eigenvalue weighted by Gasteiger charge is 2.15. The number of aromatic nitrogens is 1. The molecule has 0 aliphatic heterocycles. The summed E-state index contributed by atoms with van der Waals surface area (Å²) >= 11 is 0. The average Bonchev–Trinajstić information content (AvgIpc) is 3.13. The normalized spacial score (nSPS) is 10.5. The van der Waals surface area contributed by atoms with Gasteiger partial charge in [-0.25, -0.2) is 5.84 Å². The molecule has 0 aliphatic rings. The fourth-order valence-corrected chi connectivity index (χ4v) is 2.32. The minimum Gasteiger partial charge on any atom is -0.459 e. The number of furan rings is 1. The summed E-state index contributed by atoms with van der Waals surface area (Å²) in [5.74, 6) is 4.87. The highest BCUT2D eigenvalue weighted by atomic mass is 16.3. The second-order valence-corrected chi connectivity index (χ2v) is 4.58. The molecule has 104 valence electrons. The number of hydrogen-bond acceptors (Lipinski definition) is 4. The van der Waals surface area contributed by atoms with Crippen LogP contribution in [0, 0.1) is 11.3 Å². The standard InChI is InChI=1S/C15H12N4O2/c16-8-10-1-2-13-11(7-10)3-5-19(13)9-12-4-6-21-14(12)15(20)18-17/h1-7H,9,17H2,(H,18,20). The molecule has 6 nitrogen and oxygen atoms in total. The van der Waals surface area contributed by atoms with E-state index < -0.39 is 5.91 Å². The molecule has 3 N–H and O–H groups in total. The second kappa shape index (κ2) is 5.15. The molecule has 3 aromatic rings. The zero-order valence-corrected chi connectivity index (χ0v) is 11.0. The van der Waals surface area contributed by atoms with Gasteiger partial charge in [-0.15, -0.1) is 0 Å². The number of nitrogens with two attached hydrogens (primary N) is 1. The van der Waals surface area contributed by atoms with Crippen molar-refractivity contribution in [2.75, 3.05) is 0 Å². The molecule has 2 heterocycles. The number of nitrogens with zero attached hydrogens (tertiary/aromatic N) is 2. The van der Waals surface area contributed by atoms with Crippen molar-refractivity contribution in [2.24, 2.45) is 5.84 Å². The molecule has 6 heteroatoms. The average molecular weight is 280 g/mol. The SMILES string of the molecule is N#Cc1ccc2c(ccn2Cc2ccoc2C(=O)NN)c1. The van der Waals surface area contributed by atoms with E-state index in [4.69, 9.17) is 15.5 Å². The molecule has 0 radical (unpaired) electrons. The fourth-order valence-electron chi connectivity index (χ4n) is 2.32. The Morgan fingerprint density at radius 1 is 1.38 bits per heavy atom. The van der Waals surface area contributed by atoms with Crippen molar-refractivity contribution in [3.63, 3.8) is 0 Å². The molecular weight excluding hydrogens is 268 g/mol. The molecule has 0 fully saturated rings. The number of hydrogen-bond donors (Lipinski definition) is 2. The van der Waals surface area contributed by atoms with Crippen LogP contribution in [0.15, 0.2) is 47.2 Å². The van der Waals surface area contributed by atoms with Crippen LogP contribution in [0.4, 0.5) is 0 Å². The molecule has 0 atom stereocenters. The molecule has 0 saturated heterocycles. The minimum absolute atomic E-state index is 0.202. The van der Waals surface area contributed by atoms with Gasteiger partial charge in [0.15, 0.2) is 5.76 Å². The number of rotatable bonds is 3. The summed E-state index contributed by atoms with van der Waals surface area (Å²) in [5, 5.41) is 9.88. The summed E-state index contributed by atoms with van der Waals surface area (Å²) in [6.07, 6.45) is 3.36. The third-order valence-electron chi connectivity index (χ3n) is 3.32. The maximum absolute atomic E-state index is 11.6. The molecule has 1 amide bonds. The van der Waals surface area contributed by atoms with Crippen molar-refractivity contribution in [3.05, 3.63) is 59.7 Å². The third kappa shape index (κ3) is 2.26. The van der Waals surface area contributed by atoms with Crippen molar-refractivity contribution in [2.45, 2.75) is 6.54 Å². The van der Waals surface area contributed by atoms with Gasteiger partial charge in [-0.05, 0) is 30.3 Å². The first-order chi connectivity index (χ1) is 10.2. The van der Waals surface area contributed by atoms with E-state index in [0.717, 1.165) is 16.5 Å². The molecule has 1 aromatic carbocycles. The van der Waals surface area contributed by atoms with Crippen molar-refractivity contribution in [1.29, 1.82) is 5.26 Å². The lowest BCUT2D eigenvalue weighted by atomic mass is 10.2. The minimum atomic E-state index is -0.460. The number of nitriles is 1. The van der Waals surface area contributed by atoms with Crippen LogP contribution in [-0.4, -0.2) is 10.5 Å². The Bertz CT molecular complexity index is 854. The molecule has 21 heavy (non-hydrogen) atoms. The summed E-state index contributed by atoms with van der Waals surface area (Å²) in [6.45, 7) is 0.481. The lowest BCUT2D eigenvalue weighted by molar-refractivity contribution is 0.0924. The first-order valence-electron chi connectivity index (χ1n) is 6.29. The van der Waals surface area contributed by atoms with E-state index in [-0.39, 0.29) is 5.76 Å². The van der Waals surface area contributed by atoms with Crippen molar-refractivity contribution in [3.8, 4) is 6.07 Å². The van der Waals surface area contributed by atoms with Crippen molar-refractivity contribution in [1.82, 2.24) is 9.99 Å². The van der Waals surface area contributed by atoms with Crippen LogP contribution in [0.1, 0.15) is 21.7 Å². The Balaban J connectivity index is 1.98. The van der Waals surface area contributed by atoms with Gasteiger partial charge in [-0.1, -0.05) is 0 Å². The smallest absolute Gasteiger partial charge is 0.301 e. The number of fused-ring (bicyclic) bond motifs is 1. The van der Waals surface area contributed by atoms with Gasteiger partial charge in [0.1, 0.15) is 0 Å². The van der Waals surface area contributed by atoms with E-state index in [9.17, 15) is 4.79 Å². The molecule has 0 unspecified atom stereocenters. The second-order valence-electron chi connectivity index (χ2n) is 4.58. The Hall–Kier alpha value is -3.04. The fraction of sp³-hybridized carbons (Fsp3) is 0.0667. The number of carbonyl (C=O) groups excluding carboxylic acids is 1. The largest absolute Gasteiger partial charge is 0.459 e. The summed E-state index contributed by atoms with van der Waals surface area (Å²) in [4.78, 5) is 11.6. The van der Waals surface area contributed by atoms with Crippen LogP contribution in [0.25, 0.3) is 10.9 Å². The Labute approximate surface area is 120 Å². The zero-order chi connectivity index (χ0) is 14.8. The van der Waals surface area contributed by atoms with E-state index in [0.29, 0.717) is 12.1 Å². The number of benzene rings is 1. The Kier molecular flexibility index (Phi) is 3.18. The zero-order valence-electron chi connectivity index (χ0n) is 11.0. The van der Waals surface area contributed by atoms with Gasteiger partial charge < -0.3 is 8.98 Å². The summed E-state index contributed by atoms with van der Waals surface area (Å²) in [5.41, 5.74) is 4.40. The molecule has 0 spiro atoms. The van der Waals surface area contributed by atoms with Crippen molar-refractivity contribution >= 4 is 16.8 Å². The van der Waals surface area contributed by atoms with Gasteiger partial charge in [0, 0.05) is 22.7 Å². The van der Waals surface area contributed by atoms with E-state index in [1.807, 2.05) is 29.0 Å². The summed E-state index contributed by atoms with van der Waals surface area (Å²) in [6, 6.07) is 11.3. The van der Waals surface area contributed by atoms with E-state index in [1.54, 1.807) is 12.1 Å². The van der Waals surface area contributed by atoms with Gasteiger partial charge in [-0.3, -0.25) is 10.2 Å². The van der Waals surface area contributed by atoms with Crippen LogP contribution < -0.4 is 11.3 Å². The highest BCUT2D eigenvalue weighted by Crippen LogP contribution is 2.20. The van der Waals surface area contributed by atoms with E-state index in [2.05, 4.69) is 11.5 Å². The highest BCUT2D eigenvalue weighted by molar-refractivity contribution is 5.92. The van der Waals surface area contributed by atoms with Crippen LogP contribution in [0.2, 0.25) is 0 Å². The summed E-state index contributed by atoms with van der Waals surface area (Å²) < 4.78 is 7.15. The van der Waals surface area contributed by atoms with Gasteiger partial charge in [-0.2, -0.15) is 5.26 Å². The molecule has 0 bridgehead atoms. The number of carbonyl (C=O) groups is 1. The predicted octanol–water partition coefficient (Wildman–Crippen LogP) is 1.76. The number of nitrogens with one attached hydrogen (secondary N) is 1. The third-order valence-corrected chi connectivity index (χ3v) is 3.32. The maximum atomic E-state index is 11.6. The van der Waals surface area contributed by atoms with Crippen LogP contribution in [0.5, 0.6) is 0 Å². The van der Waals surface area contributed by atoms with Crippen LogP contribution in [-0.2, 0) is 6.54 Å². The van der Waals surface area contributed by atoms with Crippen molar-refractivity contribution < 1.29 is 9.21 Å². The first-order valence-corrected chi connectivity index (χ1v) is 6.29. The number of nitrogen functional groups attached to an aromatic ring is 1. The molecule has 0 aliphatic carbocycles. The van der Waals surface area contributed by atoms with E-state index in [1.165, 1.54) is 6.26 Å². The molecule has 3 rings (SSSR count). The van der Waals surface area contributed by atoms with Gasteiger partial charge in [0.05, 0.1) is 24.4 Å². The number of hydrazine groups is 1. The Morgan fingerprint density at radius 2 is 2.24 bits per heavy atom. The van der Waals surface area contributed by atoms with Crippen LogP contribution >= 0.6 is 0 Å². The first kappa shape index (κ1) is 13.0. The van der Waals surface area contributed by atoms with Crippen LogP contribution in [0.3, 0.4) is 0 Å². The molecule has 0 saturated carbocycles. The lowest BCUT2D eigenvalue weighted by Crippen LogP contribution is -2.30. The van der Waals surface area contributed by atoms with Gasteiger partial charge in [0.2, 0.25) is 0 Å². The summed E-state index contributed by atoms with van der Waals surface area (Å²) in [7, 11) is 0. The maximum Gasteiger partial charge on any atom is 0.301 e. The topological polar surface area (TPSA) is 97.0 Å². The Morgan fingerprint density at radius 3 is 3.00 bits per heavy atom. The van der Waals surface area contributed by atoms with E-state index >= 15 is 0 Å². The van der Waals surface area contributed by atoms with Gasteiger partial charge in [0.25, 0.3) is 0 Å². The quantitative estimate of drug-likeness (QED) is 0.434. The number of amides is 1. The predicted molar refractivity (Wildman–Crippen MR) is 76.1 cm³/mol. The monoisotopic (exact) mass is 280 g/mol.